The van der Waals surface area contributed by atoms with Crippen LogP contribution >= 0.6 is 0 Å². The van der Waals surface area contributed by atoms with Crippen LogP contribution in [0.25, 0.3) is 27.6 Å². The average molecular weight is 956 g/mol. The number of anilines is 2. The summed E-state index contributed by atoms with van der Waals surface area (Å²) >= 11 is 0. The molecule has 1 unspecified atom stereocenters. The highest BCUT2D eigenvalue weighted by Gasteiger charge is 2.30. The first kappa shape index (κ1) is 48.3. The first-order valence-corrected chi connectivity index (χ1v) is 24.3. The molecular weight excluding hydrogens is 895 g/mol. The van der Waals surface area contributed by atoms with Gasteiger partial charge in [-0.3, -0.25) is 14.4 Å². The first-order valence-electron chi connectivity index (χ1n) is 24.3. The number of carbonyl (C=O) groups excluding carboxylic acids is 2. The second kappa shape index (κ2) is 20.7. The van der Waals surface area contributed by atoms with Crippen molar-refractivity contribution in [2.45, 2.75) is 52.2 Å². The zero-order chi connectivity index (χ0) is 49.9. The van der Waals surface area contributed by atoms with E-state index < -0.39 is 5.97 Å². The van der Waals surface area contributed by atoms with Crippen molar-refractivity contribution in [3.63, 3.8) is 0 Å². The Morgan fingerprint density at radius 3 is 2.46 bits per heavy atom. The average Bonchev–Trinajstić information content (AvgIpc) is 3.78. The lowest BCUT2D eigenvalue weighted by Crippen LogP contribution is -2.44. The van der Waals surface area contributed by atoms with Gasteiger partial charge in [-0.25, -0.2) is 9.78 Å². The van der Waals surface area contributed by atoms with Crippen molar-refractivity contribution >= 4 is 45.8 Å². The number of aromatic amines is 1. The summed E-state index contributed by atoms with van der Waals surface area (Å²) in [5.41, 5.74) is 8.89. The standard InChI is InChI=1S/C56H61N9O6/c1-7-9-35-26-34(2)61-55(68)47(35)33-60-54(67)46-28-38(37-11-17-51(59-32-37)65-24-22-63(6)23-25-65)29-48-41(46)18-21-64(48)20-8-19-58-53(66)36-10-14-42(56(69)70)45(27-36)52-43-15-12-39(57-3)30-49(43)71-50-31-40(62(4)5)13-16-44(50)52/h10-18,21,26-32,39,57H,7-9,19-20,22-25,33H2,1-6H3,(H,58,66)(H,60,67)(H,61,68)(H,69,70). The largest absolute Gasteiger partial charge is 0.478 e. The second-order valence-electron chi connectivity index (χ2n) is 18.7. The monoisotopic (exact) mass is 955 g/mol. The number of hydrogen-bond donors (Lipinski definition) is 5. The number of nitrogens with zero attached hydrogens (tertiary/aromatic N) is 5. The molecule has 71 heavy (non-hydrogen) atoms. The number of benzene rings is 3. The van der Waals surface area contributed by atoms with E-state index in [1.54, 1.807) is 12.1 Å². The van der Waals surface area contributed by atoms with Crippen LogP contribution in [0.1, 0.15) is 78.8 Å². The van der Waals surface area contributed by atoms with Crippen LogP contribution in [-0.4, -0.2) is 109 Å². The van der Waals surface area contributed by atoms with Gasteiger partial charge in [0.2, 0.25) is 0 Å². The number of allylic oxidation sites excluding steroid dienone is 1. The van der Waals surface area contributed by atoms with Crippen LogP contribution in [0.15, 0.2) is 120 Å². The van der Waals surface area contributed by atoms with Gasteiger partial charge in [-0.05, 0) is 123 Å². The summed E-state index contributed by atoms with van der Waals surface area (Å²) in [4.78, 5) is 68.4. The first-order chi connectivity index (χ1) is 34.3. The van der Waals surface area contributed by atoms with E-state index in [0.717, 1.165) is 94.9 Å². The molecule has 0 bridgehead atoms. The van der Waals surface area contributed by atoms with E-state index in [1.807, 2.05) is 112 Å². The third kappa shape index (κ3) is 10.1. The van der Waals surface area contributed by atoms with Crippen LogP contribution in [0.3, 0.4) is 0 Å². The molecule has 2 amide bonds. The molecule has 5 N–H and O–H groups in total. The van der Waals surface area contributed by atoms with Gasteiger partial charge < -0.3 is 50.0 Å². The molecule has 15 heteroatoms. The van der Waals surface area contributed by atoms with Crippen LogP contribution < -0.4 is 36.0 Å². The van der Waals surface area contributed by atoms with Crippen LogP contribution in [0, 0.1) is 6.92 Å². The number of H-pyrrole nitrogens is 1. The number of nitrogens with one attached hydrogen (secondary N) is 4. The van der Waals surface area contributed by atoms with Crippen LogP contribution in [0.2, 0.25) is 0 Å². The molecule has 3 aromatic heterocycles. The van der Waals surface area contributed by atoms with Crippen molar-refractivity contribution in [3.05, 3.63) is 170 Å². The van der Waals surface area contributed by atoms with Crippen LogP contribution in [-0.2, 0) is 19.5 Å². The van der Waals surface area contributed by atoms with Crippen molar-refractivity contribution < 1.29 is 24.2 Å². The van der Waals surface area contributed by atoms with Gasteiger partial charge >= 0.3 is 5.97 Å². The third-order valence-corrected chi connectivity index (χ3v) is 13.6. The van der Waals surface area contributed by atoms with E-state index in [1.165, 1.54) is 6.07 Å². The fourth-order valence-electron chi connectivity index (χ4n) is 9.69. The number of amides is 2. The number of aromatic carboxylic acids is 1. The lowest BCUT2D eigenvalue weighted by Gasteiger charge is -2.33. The van der Waals surface area contributed by atoms with Crippen molar-refractivity contribution in [2.24, 2.45) is 0 Å². The zero-order valence-electron chi connectivity index (χ0n) is 41.2. The Hall–Kier alpha value is -7.75. The summed E-state index contributed by atoms with van der Waals surface area (Å²) in [6.45, 7) is 8.57. The lowest BCUT2D eigenvalue weighted by atomic mass is 9.84. The van der Waals surface area contributed by atoms with Gasteiger partial charge in [-0.2, -0.15) is 0 Å². The van der Waals surface area contributed by atoms with Crippen molar-refractivity contribution in [1.29, 1.82) is 0 Å². The summed E-state index contributed by atoms with van der Waals surface area (Å²) in [7, 11) is 7.87. The highest BCUT2D eigenvalue weighted by Crippen LogP contribution is 2.45. The van der Waals surface area contributed by atoms with E-state index in [0.29, 0.717) is 58.8 Å². The number of ether oxygens (including phenoxy) is 1. The molecule has 6 aromatic rings. The second-order valence-corrected chi connectivity index (χ2v) is 18.7. The SMILES string of the molecule is CCCc1cc(C)[nH]c(=O)c1CNC(=O)c1cc(-c2ccc(N3CCN(C)CC3)nc2)cc2c1ccn2CCCNC(=O)c1ccc(C(=O)O)c(C2=C3C=CC(NC)C=C3Oc3cc(N(C)C)ccc32)c1. The Morgan fingerprint density at radius 1 is 0.915 bits per heavy atom. The molecule has 5 heterocycles. The Balaban J connectivity index is 0.971. The van der Waals surface area contributed by atoms with Crippen molar-refractivity contribution in [2.75, 3.05) is 70.7 Å². The van der Waals surface area contributed by atoms with E-state index in [4.69, 9.17) is 9.72 Å². The zero-order valence-corrected chi connectivity index (χ0v) is 41.2. The number of hydrogen-bond acceptors (Lipinski definition) is 10. The molecule has 0 spiro atoms. The quantitative estimate of drug-likeness (QED) is 0.0623. The highest BCUT2D eigenvalue weighted by molar-refractivity contribution is 6.08. The van der Waals surface area contributed by atoms with Gasteiger partial charge in [0.05, 0.1) is 5.56 Å². The number of pyridine rings is 2. The van der Waals surface area contributed by atoms with Gasteiger partial charge in [-0.1, -0.05) is 25.5 Å². The topological polar surface area (TPSA) is 177 Å². The Kier molecular flexibility index (Phi) is 14.1. The number of carboxylic acid groups (broad SMARTS) is 1. The van der Waals surface area contributed by atoms with E-state index in [9.17, 15) is 24.3 Å². The molecule has 3 aromatic carbocycles. The molecule has 2 aliphatic heterocycles. The molecule has 0 saturated carbocycles. The molecule has 9 rings (SSSR count). The van der Waals surface area contributed by atoms with Gasteiger partial charge in [0, 0.05) is 146 Å². The van der Waals surface area contributed by atoms with Gasteiger partial charge in [-0.15, -0.1) is 0 Å². The van der Waals surface area contributed by atoms with Gasteiger partial charge in [0.25, 0.3) is 17.4 Å². The molecule has 1 aliphatic carbocycles. The summed E-state index contributed by atoms with van der Waals surface area (Å²) in [5, 5.41) is 20.6. The molecule has 366 valence electrons. The molecule has 1 saturated heterocycles. The fourth-order valence-corrected chi connectivity index (χ4v) is 9.69. The maximum Gasteiger partial charge on any atom is 0.336 e. The van der Waals surface area contributed by atoms with E-state index in [2.05, 4.69) is 55.3 Å². The van der Waals surface area contributed by atoms with Crippen LogP contribution in [0.4, 0.5) is 11.5 Å². The number of likely N-dealkylation sites (N-methyl/N-ethyl adjacent to an activating group) is 2. The minimum atomic E-state index is -1.11. The van der Waals surface area contributed by atoms with Gasteiger partial charge in [0.1, 0.15) is 17.3 Å². The van der Waals surface area contributed by atoms with Crippen LogP contribution in [0.5, 0.6) is 5.75 Å². The Morgan fingerprint density at radius 2 is 1.73 bits per heavy atom. The Bertz CT molecular complexity index is 3190. The number of aromatic nitrogens is 3. The summed E-state index contributed by atoms with van der Waals surface area (Å²) in [6.07, 6.45) is 11.8. The van der Waals surface area contributed by atoms with E-state index >= 15 is 0 Å². The normalized spacial score (nSPS) is 15.5. The number of piperazine rings is 1. The minimum Gasteiger partial charge on any atom is -0.478 e. The number of fused-ring (bicyclic) bond motifs is 3. The van der Waals surface area contributed by atoms with E-state index in [-0.39, 0.29) is 35.5 Å². The molecule has 3 aliphatic rings. The fraction of sp³-hybridized carbons (Fsp3) is 0.304. The number of carboxylic acids is 1. The number of aryl methyl sites for hydroxylation is 3. The minimum absolute atomic E-state index is 0.0655. The lowest BCUT2D eigenvalue weighted by molar-refractivity contribution is 0.0695. The molecule has 1 fully saturated rings. The number of rotatable bonds is 16. The number of carbonyl (C=O) groups is 3. The predicted molar refractivity (Wildman–Crippen MR) is 280 cm³/mol. The third-order valence-electron chi connectivity index (χ3n) is 13.6. The van der Waals surface area contributed by atoms with Gasteiger partial charge in [0.15, 0.2) is 0 Å². The summed E-state index contributed by atoms with van der Waals surface area (Å²) < 4.78 is 8.53. The van der Waals surface area contributed by atoms with Crippen molar-refractivity contribution in [1.82, 2.24) is 35.4 Å². The molecule has 1 atom stereocenters. The Labute approximate surface area is 413 Å². The predicted octanol–water partition coefficient (Wildman–Crippen LogP) is 7.15. The summed E-state index contributed by atoms with van der Waals surface area (Å²) in [5.74, 6) is 0.353. The maximum atomic E-state index is 14.2. The molecule has 0 radical (unpaired) electrons. The summed E-state index contributed by atoms with van der Waals surface area (Å²) in [6, 6.07) is 22.4. The molecular formula is C56H61N9O6. The maximum absolute atomic E-state index is 14.2. The smallest absolute Gasteiger partial charge is 0.336 e. The molecule has 15 nitrogen and oxygen atoms in total. The highest BCUT2D eigenvalue weighted by atomic mass is 16.5. The van der Waals surface area contributed by atoms with Crippen molar-refractivity contribution in [3.8, 4) is 16.9 Å².